The highest BCUT2D eigenvalue weighted by molar-refractivity contribution is 7.08. The van der Waals surface area contributed by atoms with Crippen molar-refractivity contribution in [3.63, 3.8) is 0 Å². The number of aromatic nitrogens is 2. The summed E-state index contributed by atoms with van der Waals surface area (Å²) in [5.74, 6) is 0.641. The van der Waals surface area contributed by atoms with Gasteiger partial charge in [0.25, 0.3) is 11.8 Å². The smallest absolute Gasteiger partial charge is 0.269 e. The second kappa shape index (κ2) is 10.2. The summed E-state index contributed by atoms with van der Waals surface area (Å²) in [5.41, 5.74) is 7.91. The van der Waals surface area contributed by atoms with E-state index in [1.165, 1.54) is 0 Å². The van der Waals surface area contributed by atoms with Crippen LogP contribution in [0.3, 0.4) is 0 Å². The number of carbonyl (C=O) groups is 2. The molecule has 11 heteroatoms. The molecular weight excluding hydrogens is 490 g/mol. The summed E-state index contributed by atoms with van der Waals surface area (Å²) in [6.07, 6.45) is 0. The zero-order valence-electron chi connectivity index (χ0n) is 19.6. The lowest BCUT2D eigenvalue weighted by molar-refractivity contribution is 0.0673. The lowest BCUT2D eigenvalue weighted by Crippen LogP contribution is -2.41. The Morgan fingerprint density at radius 1 is 1.20 bits per heavy atom. The maximum Gasteiger partial charge on any atom is 0.269 e. The number of rotatable bonds is 8. The van der Waals surface area contributed by atoms with Crippen LogP contribution in [0.15, 0.2) is 36.4 Å². The fourth-order valence-electron chi connectivity index (χ4n) is 3.60. The van der Waals surface area contributed by atoms with E-state index in [1.807, 2.05) is 13.8 Å². The third-order valence-electron chi connectivity index (χ3n) is 5.60. The molecule has 0 bridgehead atoms. The SMILES string of the molecule is Cc1nnsc1C(=O)Nc1ccc(Cl)c(CN(CC(C)(C)CN)C(=O)c2ccc3c(c2)OCO3)c1. The molecular formula is C24H26ClN5O4S. The molecule has 3 N–H and O–H groups in total. The summed E-state index contributed by atoms with van der Waals surface area (Å²) in [6.45, 7) is 6.86. The number of benzene rings is 2. The number of hydrogen-bond donors (Lipinski definition) is 2. The molecule has 2 heterocycles. The normalized spacial score (nSPS) is 12.5. The zero-order valence-corrected chi connectivity index (χ0v) is 21.2. The first-order chi connectivity index (χ1) is 16.7. The summed E-state index contributed by atoms with van der Waals surface area (Å²) in [6, 6.07) is 10.3. The number of hydrogen-bond acceptors (Lipinski definition) is 8. The Balaban J connectivity index is 1.60. The molecule has 35 heavy (non-hydrogen) atoms. The molecule has 184 valence electrons. The van der Waals surface area contributed by atoms with E-state index >= 15 is 0 Å². The van der Waals surface area contributed by atoms with Crippen molar-refractivity contribution in [1.82, 2.24) is 14.5 Å². The number of amides is 2. The van der Waals surface area contributed by atoms with E-state index in [4.69, 9.17) is 26.8 Å². The fraction of sp³-hybridized carbons (Fsp3) is 0.333. The second-order valence-electron chi connectivity index (χ2n) is 9.05. The van der Waals surface area contributed by atoms with E-state index in [0.29, 0.717) is 57.0 Å². The number of nitrogens with zero attached hydrogens (tertiary/aromatic N) is 3. The van der Waals surface area contributed by atoms with Crippen LogP contribution in [0.5, 0.6) is 11.5 Å². The van der Waals surface area contributed by atoms with Gasteiger partial charge in [0.2, 0.25) is 6.79 Å². The van der Waals surface area contributed by atoms with Gasteiger partial charge in [-0.25, -0.2) is 0 Å². The fourth-order valence-corrected chi connectivity index (χ4v) is 4.33. The second-order valence-corrected chi connectivity index (χ2v) is 10.2. The maximum absolute atomic E-state index is 13.6. The van der Waals surface area contributed by atoms with Crippen molar-refractivity contribution >= 4 is 40.6 Å². The predicted octanol–water partition coefficient (Wildman–Crippen LogP) is 4.11. The molecule has 0 fully saturated rings. The van der Waals surface area contributed by atoms with Gasteiger partial charge in [0.1, 0.15) is 4.88 Å². The van der Waals surface area contributed by atoms with Gasteiger partial charge in [-0.15, -0.1) is 5.10 Å². The molecule has 2 aromatic carbocycles. The van der Waals surface area contributed by atoms with Gasteiger partial charge in [-0.2, -0.15) is 0 Å². The molecule has 0 aliphatic carbocycles. The number of fused-ring (bicyclic) bond motifs is 1. The predicted molar refractivity (Wildman–Crippen MR) is 134 cm³/mol. The van der Waals surface area contributed by atoms with Crippen molar-refractivity contribution in [2.24, 2.45) is 11.1 Å². The highest BCUT2D eigenvalue weighted by Crippen LogP contribution is 2.33. The minimum Gasteiger partial charge on any atom is -0.454 e. The molecule has 0 radical (unpaired) electrons. The summed E-state index contributed by atoms with van der Waals surface area (Å²) in [5, 5.41) is 7.21. The van der Waals surface area contributed by atoms with Gasteiger partial charge in [0, 0.05) is 29.4 Å². The lowest BCUT2D eigenvalue weighted by atomic mass is 9.92. The quantitative estimate of drug-likeness (QED) is 0.463. The van der Waals surface area contributed by atoms with Gasteiger partial charge < -0.3 is 25.4 Å². The van der Waals surface area contributed by atoms with E-state index in [9.17, 15) is 9.59 Å². The first kappa shape index (κ1) is 24.9. The Morgan fingerprint density at radius 2 is 1.97 bits per heavy atom. The molecule has 0 spiro atoms. The monoisotopic (exact) mass is 515 g/mol. The van der Waals surface area contributed by atoms with Crippen LogP contribution in [0, 0.1) is 12.3 Å². The van der Waals surface area contributed by atoms with Crippen LogP contribution in [0.2, 0.25) is 5.02 Å². The summed E-state index contributed by atoms with van der Waals surface area (Å²) >= 11 is 7.53. The van der Waals surface area contributed by atoms with Gasteiger partial charge in [-0.3, -0.25) is 9.59 Å². The van der Waals surface area contributed by atoms with E-state index in [1.54, 1.807) is 48.2 Å². The van der Waals surface area contributed by atoms with E-state index in [0.717, 1.165) is 11.5 Å². The number of ether oxygens (including phenoxy) is 2. The Bertz CT molecular complexity index is 1260. The first-order valence-electron chi connectivity index (χ1n) is 10.9. The summed E-state index contributed by atoms with van der Waals surface area (Å²) in [4.78, 5) is 28.3. The number of carbonyl (C=O) groups excluding carboxylic acids is 2. The molecule has 0 atom stereocenters. The summed E-state index contributed by atoms with van der Waals surface area (Å²) < 4.78 is 14.6. The molecule has 3 aromatic rings. The number of nitrogens with two attached hydrogens (primary N) is 1. The Morgan fingerprint density at radius 3 is 2.69 bits per heavy atom. The number of anilines is 1. The van der Waals surface area contributed by atoms with Crippen molar-refractivity contribution in [3.05, 3.63) is 63.1 Å². The largest absolute Gasteiger partial charge is 0.454 e. The first-order valence-corrected chi connectivity index (χ1v) is 12.1. The lowest BCUT2D eigenvalue weighted by Gasteiger charge is -2.32. The number of nitrogens with one attached hydrogen (secondary N) is 1. The molecule has 4 rings (SSSR count). The van der Waals surface area contributed by atoms with Crippen molar-refractivity contribution in [2.45, 2.75) is 27.3 Å². The van der Waals surface area contributed by atoms with Crippen molar-refractivity contribution < 1.29 is 19.1 Å². The van der Waals surface area contributed by atoms with Crippen molar-refractivity contribution in [2.75, 3.05) is 25.2 Å². The molecule has 9 nitrogen and oxygen atoms in total. The van der Waals surface area contributed by atoms with E-state index in [2.05, 4.69) is 14.9 Å². The molecule has 1 aliphatic rings. The van der Waals surface area contributed by atoms with Gasteiger partial charge in [-0.05, 0) is 72.4 Å². The average molecular weight is 516 g/mol. The van der Waals surface area contributed by atoms with Crippen LogP contribution in [0.1, 0.15) is 45.1 Å². The van der Waals surface area contributed by atoms with E-state index in [-0.39, 0.29) is 30.6 Å². The average Bonchev–Trinajstić information content (AvgIpc) is 3.48. The van der Waals surface area contributed by atoms with Crippen molar-refractivity contribution in [3.8, 4) is 11.5 Å². The van der Waals surface area contributed by atoms with Crippen molar-refractivity contribution in [1.29, 1.82) is 0 Å². The Kier molecular flexibility index (Phi) is 7.25. The molecule has 2 amide bonds. The van der Waals surface area contributed by atoms with Crippen LogP contribution < -0.4 is 20.5 Å². The molecule has 1 aromatic heterocycles. The minimum atomic E-state index is -0.332. The topological polar surface area (TPSA) is 120 Å². The zero-order chi connectivity index (χ0) is 25.2. The van der Waals surface area contributed by atoms with Crippen LogP contribution in [0.25, 0.3) is 0 Å². The van der Waals surface area contributed by atoms with Crippen LogP contribution in [-0.4, -0.2) is 46.2 Å². The number of halogens is 1. The molecule has 0 unspecified atom stereocenters. The molecule has 0 saturated heterocycles. The Hall–Kier alpha value is -3.21. The number of aryl methyl sites for hydroxylation is 1. The molecule has 1 aliphatic heterocycles. The third-order valence-corrected chi connectivity index (χ3v) is 6.80. The van der Waals surface area contributed by atoms with E-state index < -0.39 is 0 Å². The summed E-state index contributed by atoms with van der Waals surface area (Å²) in [7, 11) is 0. The van der Waals surface area contributed by atoms with Crippen LogP contribution in [-0.2, 0) is 6.54 Å². The van der Waals surface area contributed by atoms with Crippen LogP contribution in [0.4, 0.5) is 5.69 Å². The minimum absolute atomic E-state index is 0.127. The maximum atomic E-state index is 13.6. The third kappa shape index (κ3) is 5.72. The van der Waals surface area contributed by atoms with Gasteiger partial charge in [0.05, 0.1) is 5.69 Å². The molecule has 0 saturated carbocycles. The van der Waals surface area contributed by atoms with Crippen LogP contribution >= 0.6 is 23.1 Å². The standard InChI is InChI=1S/C24H26ClN5O4S/c1-14-21(35-29-28-14)22(31)27-17-5-6-18(25)16(8-17)10-30(12-24(2,3)11-26)23(32)15-4-7-19-20(9-15)34-13-33-19/h4-9H,10-13,26H2,1-3H3,(H,27,31). The highest BCUT2D eigenvalue weighted by atomic mass is 35.5. The Labute approximate surface area is 212 Å². The van der Waals surface area contributed by atoms with Gasteiger partial charge >= 0.3 is 0 Å². The highest BCUT2D eigenvalue weighted by Gasteiger charge is 2.27. The van der Waals surface area contributed by atoms with Gasteiger partial charge in [-0.1, -0.05) is 29.9 Å². The van der Waals surface area contributed by atoms with Gasteiger partial charge in [0.15, 0.2) is 11.5 Å².